The zero-order chi connectivity index (χ0) is 14.7. The van der Waals surface area contributed by atoms with Crippen molar-refractivity contribution >= 4 is 39.1 Å². The molecule has 0 aliphatic carbocycles. The van der Waals surface area contributed by atoms with Crippen molar-refractivity contribution in [3.8, 4) is 5.75 Å². The molecule has 2 rings (SSSR count). The minimum Gasteiger partial charge on any atom is -0.497 e. The van der Waals surface area contributed by atoms with E-state index < -0.39 is 5.82 Å². The number of carbonyl (C=O) groups excluding carboxylic acids is 1. The molecular formula is C14H10BrClFNO2. The topological polar surface area (TPSA) is 38.3 Å². The summed E-state index contributed by atoms with van der Waals surface area (Å²) in [6, 6.07) is 8.93. The molecule has 2 aromatic carbocycles. The highest BCUT2D eigenvalue weighted by molar-refractivity contribution is 9.10. The van der Waals surface area contributed by atoms with Gasteiger partial charge in [-0.1, -0.05) is 11.6 Å². The number of amides is 1. The smallest absolute Gasteiger partial charge is 0.255 e. The van der Waals surface area contributed by atoms with Crippen molar-refractivity contribution in [1.82, 2.24) is 0 Å². The molecule has 0 saturated heterocycles. The van der Waals surface area contributed by atoms with Crippen LogP contribution in [0.5, 0.6) is 5.75 Å². The van der Waals surface area contributed by atoms with E-state index in [-0.39, 0.29) is 10.4 Å². The van der Waals surface area contributed by atoms with Crippen LogP contribution in [0.1, 0.15) is 10.4 Å². The van der Waals surface area contributed by atoms with Crippen molar-refractivity contribution in [3.05, 3.63) is 57.3 Å². The Morgan fingerprint density at radius 2 is 2.05 bits per heavy atom. The minimum absolute atomic E-state index is 0.224. The van der Waals surface area contributed by atoms with Gasteiger partial charge in [0, 0.05) is 11.6 Å². The summed E-state index contributed by atoms with van der Waals surface area (Å²) >= 11 is 9.04. The Hall–Kier alpha value is -1.59. The van der Waals surface area contributed by atoms with Crippen LogP contribution in [-0.4, -0.2) is 13.0 Å². The Morgan fingerprint density at radius 3 is 2.70 bits per heavy atom. The predicted octanol–water partition coefficient (Wildman–Crippen LogP) is 4.50. The van der Waals surface area contributed by atoms with Crippen LogP contribution in [0.25, 0.3) is 0 Å². The summed E-state index contributed by atoms with van der Waals surface area (Å²) in [5.41, 5.74) is 0.744. The van der Waals surface area contributed by atoms with Gasteiger partial charge in [0.15, 0.2) is 0 Å². The van der Waals surface area contributed by atoms with Gasteiger partial charge >= 0.3 is 0 Å². The Morgan fingerprint density at radius 1 is 1.30 bits per heavy atom. The van der Waals surface area contributed by atoms with Gasteiger partial charge in [0.05, 0.1) is 22.3 Å². The van der Waals surface area contributed by atoms with Gasteiger partial charge in [-0.05, 0) is 46.3 Å². The quantitative estimate of drug-likeness (QED) is 0.877. The van der Waals surface area contributed by atoms with E-state index in [0.29, 0.717) is 22.0 Å². The van der Waals surface area contributed by atoms with E-state index in [9.17, 15) is 9.18 Å². The third-order valence-electron chi connectivity index (χ3n) is 2.60. The molecular weight excluding hydrogens is 349 g/mol. The largest absolute Gasteiger partial charge is 0.497 e. The fraction of sp³-hybridized carbons (Fsp3) is 0.0714. The molecule has 0 saturated carbocycles. The van der Waals surface area contributed by atoms with E-state index in [1.54, 1.807) is 18.2 Å². The molecule has 3 nitrogen and oxygen atoms in total. The second kappa shape index (κ2) is 6.24. The van der Waals surface area contributed by atoms with Crippen molar-refractivity contribution in [2.75, 3.05) is 12.4 Å². The lowest BCUT2D eigenvalue weighted by molar-refractivity contribution is 0.102. The van der Waals surface area contributed by atoms with Crippen LogP contribution >= 0.6 is 27.5 Å². The van der Waals surface area contributed by atoms with Gasteiger partial charge in [0.1, 0.15) is 11.6 Å². The van der Waals surface area contributed by atoms with E-state index >= 15 is 0 Å². The van der Waals surface area contributed by atoms with Crippen LogP contribution in [0, 0.1) is 5.82 Å². The van der Waals surface area contributed by atoms with Gasteiger partial charge < -0.3 is 10.1 Å². The Balaban J connectivity index is 2.25. The van der Waals surface area contributed by atoms with E-state index in [2.05, 4.69) is 21.2 Å². The van der Waals surface area contributed by atoms with E-state index in [0.717, 1.165) is 0 Å². The fourth-order valence-corrected chi connectivity index (χ4v) is 2.10. The molecule has 0 atom stereocenters. The van der Waals surface area contributed by atoms with Crippen molar-refractivity contribution in [1.29, 1.82) is 0 Å². The van der Waals surface area contributed by atoms with Crippen molar-refractivity contribution in [2.24, 2.45) is 0 Å². The van der Waals surface area contributed by atoms with Gasteiger partial charge in [-0.15, -0.1) is 0 Å². The predicted molar refractivity (Wildman–Crippen MR) is 80.1 cm³/mol. The fourth-order valence-electron chi connectivity index (χ4n) is 1.56. The van der Waals surface area contributed by atoms with Gasteiger partial charge in [0.2, 0.25) is 0 Å². The monoisotopic (exact) mass is 357 g/mol. The summed E-state index contributed by atoms with van der Waals surface area (Å²) in [5, 5.41) is 3.04. The van der Waals surface area contributed by atoms with Gasteiger partial charge in [-0.3, -0.25) is 4.79 Å². The van der Waals surface area contributed by atoms with E-state index in [1.807, 2.05) is 0 Å². The first-order valence-electron chi connectivity index (χ1n) is 5.61. The maximum absolute atomic E-state index is 13.1. The molecule has 0 fully saturated rings. The number of carbonyl (C=O) groups is 1. The van der Waals surface area contributed by atoms with Crippen molar-refractivity contribution < 1.29 is 13.9 Å². The molecule has 0 aromatic heterocycles. The summed E-state index contributed by atoms with van der Waals surface area (Å²) in [4.78, 5) is 12.1. The number of benzene rings is 2. The van der Waals surface area contributed by atoms with Crippen molar-refractivity contribution in [3.63, 3.8) is 0 Å². The van der Waals surface area contributed by atoms with Crippen LogP contribution in [0.4, 0.5) is 10.1 Å². The number of anilines is 1. The summed E-state index contributed by atoms with van der Waals surface area (Å²) in [7, 11) is 1.52. The van der Waals surface area contributed by atoms with Crippen LogP contribution in [0.2, 0.25) is 5.02 Å². The normalized spacial score (nSPS) is 10.2. The average molecular weight is 359 g/mol. The molecule has 0 radical (unpaired) electrons. The average Bonchev–Trinajstić information content (AvgIpc) is 2.44. The van der Waals surface area contributed by atoms with E-state index in [1.165, 1.54) is 25.3 Å². The standard InChI is InChI=1S/C14H10BrClFNO2/c1-20-9-3-4-11(16)13(7-9)18-14(19)8-2-5-12(17)10(15)6-8/h2-7H,1H3,(H,18,19). The second-order valence-corrected chi connectivity index (χ2v) is 5.19. The number of rotatable bonds is 3. The molecule has 0 aliphatic rings. The molecule has 0 aliphatic heterocycles. The molecule has 0 bridgehead atoms. The Labute approximate surface area is 128 Å². The number of hydrogen-bond donors (Lipinski definition) is 1. The number of methoxy groups -OCH3 is 1. The van der Waals surface area contributed by atoms with Crippen LogP contribution in [0.3, 0.4) is 0 Å². The van der Waals surface area contributed by atoms with Crippen LogP contribution < -0.4 is 10.1 Å². The third-order valence-corrected chi connectivity index (χ3v) is 3.54. The molecule has 1 amide bonds. The SMILES string of the molecule is COc1ccc(Cl)c(NC(=O)c2ccc(F)c(Br)c2)c1. The second-order valence-electron chi connectivity index (χ2n) is 3.93. The Bertz CT molecular complexity index is 664. The molecule has 1 N–H and O–H groups in total. The highest BCUT2D eigenvalue weighted by atomic mass is 79.9. The highest BCUT2D eigenvalue weighted by Gasteiger charge is 2.11. The van der Waals surface area contributed by atoms with Crippen LogP contribution in [-0.2, 0) is 0 Å². The first kappa shape index (κ1) is 14.8. The van der Waals surface area contributed by atoms with Gasteiger partial charge in [-0.25, -0.2) is 4.39 Å². The molecule has 2 aromatic rings. The molecule has 20 heavy (non-hydrogen) atoms. The lowest BCUT2D eigenvalue weighted by Gasteiger charge is -2.09. The number of nitrogens with one attached hydrogen (secondary N) is 1. The van der Waals surface area contributed by atoms with Crippen LogP contribution in [0.15, 0.2) is 40.9 Å². The molecule has 0 heterocycles. The maximum atomic E-state index is 13.1. The first-order chi connectivity index (χ1) is 9.51. The summed E-state index contributed by atoms with van der Waals surface area (Å²) in [6.07, 6.45) is 0. The van der Waals surface area contributed by atoms with Gasteiger partial charge in [0.25, 0.3) is 5.91 Å². The maximum Gasteiger partial charge on any atom is 0.255 e. The summed E-state index contributed by atoms with van der Waals surface area (Å²) in [5.74, 6) is -0.244. The third kappa shape index (κ3) is 3.29. The minimum atomic E-state index is -0.430. The van der Waals surface area contributed by atoms with E-state index in [4.69, 9.17) is 16.3 Å². The molecule has 6 heteroatoms. The van der Waals surface area contributed by atoms with Crippen molar-refractivity contribution in [2.45, 2.75) is 0 Å². The lowest BCUT2D eigenvalue weighted by atomic mass is 10.2. The Kier molecular flexibility index (Phi) is 4.62. The zero-order valence-corrected chi connectivity index (χ0v) is 12.8. The number of halogens is 3. The summed E-state index contributed by atoms with van der Waals surface area (Å²) in [6.45, 7) is 0. The molecule has 0 spiro atoms. The molecule has 104 valence electrons. The summed E-state index contributed by atoms with van der Waals surface area (Å²) < 4.78 is 18.4. The number of ether oxygens (including phenoxy) is 1. The highest BCUT2D eigenvalue weighted by Crippen LogP contribution is 2.27. The molecule has 0 unspecified atom stereocenters. The lowest BCUT2D eigenvalue weighted by Crippen LogP contribution is -2.12. The van der Waals surface area contributed by atoms with Gasteiger partial charge in [-0.2, -0.15) is 0 Å². The number of hydrogen-bond acceptors (Lipinski definition) is 2. The zero-order valence-electron chi connectivity index (χ0n) is 10.4. The first-order valence-corrected chi connectivity index (χ1v) is 6.78.